The van der Waals surface area contributed by atoms with Gasteiger partial charge in [0.2, 0.25) is 5.76 Å². The van der Waals surface area contributed by atoms with E-state index in [0.29, 0.717) is 5.69 Å². The van der Waals surface area contributed by atoms with Crippen LogP contribution in [-0.2, 0) is 6.42 Å². The van der Waals surface area contributed by atoms with Gasteiger partial charge in [0.05, 0.1) is 11.8 Å². The first-order valence-corrected chi connectivity index (χ1v) is 6.29. The second-order valence-corrected chi connectivity index (χ2v) is 4.64. The predicted octanol–water partition coefficient (Wildman–Crippen LogP) is 1.59. The molecule has 0 saturated carbocycles. The predicted molar refractivity (Wildman–Crippen MR) is 69.6 cm³/mol. The molecule has 0 saturated heterocycles. The number of aliphatic hydroxyl groups excluding tert-OH is 1. The summed E-state index contributed by atoms with van der Waals surface area (Å²) in [6, 6.07) is 4.58. The molecule has 2 N–H and O–H groups in total. The Balaban J connectivity index is 1.87. The van der Waals surface area contributed by atoms with Crippen LogP contribution >= 0.6 is 0 Å². The van der Waals surface area contributed by atoms with Gasteiger partial charge in [0.25, 0.3) is 5.91 Å². The molecular weight excluding hydrogens is 282 g/mol. The van der Waals surface area contributed by atoms with E-state index in [2.05, 4.69) is 10.5 Å². The minimum Gasteiger partial charge on any atom is -0.391 e. The van der Waals surface area contributed by atoms with Gasteiger partial charge in [-0.25, -0.2) is 8.78 Å². The zero-order valence-electron chi connectivity index (χ0n) is 11.3. The molecule has 1 amide bonds. The molecule has 21 heavy (non-hydrogen) atoms. The van der Waals surface area contributed by atoms with Crippen molar-refractivity contribution in [2.24, 2.45) is 0 Å². The Morgan fingerprint density at radius 2 is 2.19 bits per heavy atom. The maximum absolute atomic E-state index is 13.4. The number of carbonyl (C=O) groups excluding carboxylic acids is 1. The van der Waals surface area contributed by atoms with Crippen LogP contribution in [-0.4, -0.2) is 28.8 Å². The van der Waals surface area contributed by atoms with Gasteiger partial charge in [-0.15, -0.1) is 0 Å². The maximum Gasteiger partial charge on any atom is 0.289 e. The first-order chi connectivity index (χ1) is 9.95. The number of halogens is 2. The van der Waals surface area contributed by atoms with E-state index in [0.717, 1.165) is 12.1 Å². The maximum atomic E-state index is 13.4. The minimum atomic E-state index is -1.00. The Morgan fingerprint density at radius 1 is 1.43 bits per heavy atom. The fraction of sp³-hybridized carbons (Fsp3) is 0.286. The summed E-state index contributed by atoms with van der Waals surface area (Å²) in [6.45, 7) is 1.59. The summed E-state index contributed by atoms with van der Waals surface area (Å²) < 4.78 is 30.9. The first-order valence-electron chi connectivity index (χ1n) is 6.29. The Hall–Kier alpha value is -2.28. The Labute approximate surface area is 119 Å². The Morgan fingerprint density at radius 3 is 2.81 bits per heavy atom. The van der Waals surface area contributed by atoms with Crippen LogP contribution in [0.1, 0.15) is 21.8 Å². The lowest BCUT2D eigenvalue weighted by atomic mass is 10.1. The number of carbonyl (C=O) groups is 1. The van der Waals surface area contributed by atoms with Gasteiger partial charge in [0.15, 0.2) is 0 Å². The monoisotopic (exact) mass is 296 g/mol. The average molecular weight is 296 g/mol. The fourth-order valence-corrected chi connectivity index (χ4v) is 1.78. The molecule has 5 nitrogen and oxygen atoms in total. The summed E-state index contributed by atoms with van der Waals surface area (Å²) in [4.78, 5) is 11.6. The van der Waals surface area contributed by atoms with E-state index in [-0.39, 0.29) is 24.3 Å². The smallest absolute Gasteiger partial charge is 0.289 e. The highest BCUT2D eigenvalue weighted by Crippen LogP contribution is 2.11. The van der Waals surface area contributed by atoms with Crippen molar-refractivity contribution in [3.63, 3.8) is 0 Å². The fourth-order valence-electron chi connectivity index (χ4n) is 1.78. The number of nitrogens with zero attached hydrogens (tertiary/aromatic N) is 1. The number of amides is 1. The summed E-state index contributed by atoms with van der Waals surface area (Å²) in [5, 5.41) is 15.8. The van der Waals surface area contributed by atoms with Crippen molar-refractivity contribution >= 4 is 5.91 Å². The highest BCUT2D eigenvalue weighted by molar-refractivity contribution is 5.91. The Kier molecular flexibility index (Phi) is 4.64. The summed E-state index contributed by atoms with van der Waals surface area (Å²) in [7, 11) is 0. The van der Waals surface area contributed by atoms with E-state index in [4.69, 9.17) is 4.52 Å². The minimum absolute atomic E-state index is 0.0349. The van der Waals surface area contributed by atoms with Gasteiger partial charge in [-0.1, -0.05) is 11.2 Å². The number of hydrogen-bond acceptors (Lipinski definition) is 4. The molecule has 0 aliphatic heterocycles. The average Bonchev–Trinajstić information content (AvgIpc) is 2.86. The summed E-state index contributed by atoms with van der Waals surface area (Å²) in [6.07, 6.45) is -1.04. The second-order valence-electron chi connectivity index (χ2n) is 4.64. The molecule has 0 fully saturated rings. The van der Waals surface area contributed by atoms with Gasteiger partial charge in [0.1, 0.15) is 11.6 Å². The van der Waals surface area contributed by atoms with E-state index in [9.17, 15) is 18.7 Å². The Bertz CT molecular complexity index is 643. The number of aromatic nitrogens is 1. The molecule has 2 aromatic rings. The number of nitrogens with one attached hydrogen (secondary N) is 1. The molecule has 0 bridgehead atoms. The van der Waals surface area contributed by atoms with Crippen molar-refractivity contribution in [2.75, 3.05) is 6.54 Å². The number of rotatable bonds is 5. The molecule has 0 spiro atoms. The molecule has 0 aliphatic carbocycles. The summed E-state index contributed by atoms with van der Waals surface area (Å²) in [5.41, 5.74) is 0.739. The molecule has 2 rings (SSSR count). The third-order valence-electron chi connectivity index (χ3n) is 2.82. The largest absolute Gasteiger partial charge is 0.391 e. The lowest BCUT2D eigenvalue weighted by Gasteiger charge is -2.11. The normalized spacial score (nSPS) is 12.2. The molecule has 1 aromatic heterocycles. The van der Waals surface area contributed by atoms with Gasteiger partial charge in [-0.05, 0) is 18.6 Å². The molecule has 1 atom stereocenters. The summed E-state index contributed by atoms with van der Waals surface area (Å²) in [5.74, 6) is -1.90. The van der Waals surface area contributed by atoms with Crippen LogP contribution in [0.2, 0.25) is 0 Å². The van der Waals surface area contributed by atoms with Crippen molar-refractivity contribution in [1.82, 2.24) is 10.5 Å². The van der Waals surface area contributed by atoms with Crippen molar-refractivity contribution in [1.29, 1.82) is 0 Å². The zero-order chi connectivity index (χ0) is 15.4. The van der Waals surface area contributed by atoms with Crippen molar-refractivity contribution in [3.8, 4) is 0 Å². The van der Waals surface area contributed by atoms with Gasteiger partial charge in [-0.3, -0.25) is 4.79 Å². The number of hydrogen-bond donors (Lipinski definition) is 2. The van der Waals surface area contributed by atoms with Crippen LogP contribution in [0.25, 0.3) is 0 Å². The lowest BCUT2D eigenvalue weighted by molar-refractivity contribution is 0.0879. The SMILES string of the molecule is Cc1cc(C(=O)NCC(O)Cc2ccc(F)cc2F)on1. The van der Waals surface area contributed by atoms with Gasteiger partial charge < -0.3 is 14.9 Å². The molecule has 0 aliphatic rings. The molecule has 1 aromatic carbocycles. The highest BCUT2D eigenvalue weighted by atomic mass is 19.1. The van der Waals surface area contributed by atoms with Crippen molar-refractivity contribution in [2.45, 2.75) is 19.4 Å². The van der Waals surface area contributed by atoms with Gasteiger partial charge in [0, 0.05) is 25.1 Å². The van der Waals surface area contributed by atoms with Gasteiger partial charge in [-0.2, -0.15) is 0 Å². The third-order valence-corrected chi connectivity index (χ3v) is 2.82. The number of aryl methyl sites for hydroxylation is 1. The molecule has 7 heteroatoms. The molecule has 0 radical (unpaired) electrons. The quantitative estimate of drug-likeness (QED) is 0.878. The second kappa shape index (κ2) is 6.45. The van der Waals surface area contributed by atoms with E-state index >= 15 is 0 Å². The highest BCUT2D eigenvalue weighted by Gasteiger charge is 2.15. The summed E-state index contributed by atoms with van der Waals surface area (Å²) >= 11 is 0. The van der Waals surface area contributed by atoms with E-state index in [1.54, 1.807) is 6.92 Å². The van der Waals surface area contributed by atoms with Crippen LogP contribution in [0.15, 0.2) is 28.8 Å². The third kappa shape index (κ3) is 4.09. The first kappa shape index (κ1) is 15.1. The van der Waals surface area contributed by atoms with Crippen LogP contribution in [0.4, 0.5) is 8.78 Å². The lowest BCUT2D eigenvalue weighted by Crippen LogP contribution is -2.33. The molecule has 112 valence electrons. The number of benzene rings is 1. The van der Waals surface area contributed by atoms with E-state index in [1.165, 1.54) is 12.1 Å². The topological polar surface area (TPSA) is 75.4 Å². The van der Waals surface area contributed by atoms with Crippen LogP contribution in [0.3, 0.4) is 0 Å². The molecular formula is C14H14F2N2O3. The van der Waals surface area contributed by atoms with Gasteiger partial charge >= 0.3 is 0 Å². The number of aliphatic hydroxyl groups is 1. The molecule has 1 heterocycles. The van der Waals surface area contributed by atoms with E-state index < -0.39 is 23.6 Å². The standard InChI is InChI=1S/C14H14F2N2O3/c1-8-4-13(21-18-8)14(20)17-7-11(19)5-9-2-3-10(15)6-12(9)16/h2-4,6,11,19H,5,7H2,1H3,(H,17,20). The van der Waals surface area contributed by atoms with E-state index in [1.807, 2.05) is 0 Å². The molecule has 1 unspecified atom stereocenters. The zero-order valence-corrected chi connectivity index (χ0v) is 11.3. The van der Waals surface area contributed by atoms with Crippen LogP contribution in [0.5, 0.6) is 0 Å². The van der Waals surface area contributed by atoms with Crippen molar-refractivity contribution in [3.05, 3.63) is 52.9 Å². The van der Waals surface area contributed by atoms with Crippen LogP contribution < -0.4 is 5.32 Å². The van der Waals surface area contributed by atoms with Crippen molar-refractivity contribution < 1.29 is 23.2 Å². The van der Waals surface area contributed by atoms with Crippen LogP contribution in [0, 0.1) is 18.6 Å².